The molecule has 1 aliphatic rings. The highest BCUT2D eigenvalue weighted by atomic mass is 16.5. The van der Waals surface area contributed by atoms with Gasteiger partial charge in [-0.15, -0.1) is 0 Å². The summed E-state index contributed by atoms with van der Waals surface area (Å²) < 4.78 is 10.0. The van der Waals surface area contributed by atoms with Gasteiger partial charge in [0.15, 0.2) is 0 Å². The van der Waals surface area contributed by atoms with Gasteiger partial charge in [-0.2, -0.15) is 0 Å². The van der Waals surface area contributed by atoms with Crippen molar-refractivity contribution in [3.05, 3.63) is 60.4 Å². The van der Waals surface area contributed by atoms with Gasteiger partial charge in [-0.25, -0.2) is 14.8 Å². The van der Waals surface area contributed by atoms with Crippen LogP contribution in [-0.4, -0.2) is 87.6 Å². The van der Waals surface area contributed by atoms with Gasteiger partial charge in [-0.1, -0.05) is 58.9 Å². The standard InChI is InChI=1S/C39H53N7O5/c1-8-16-45(37(47)30(24(2)3)15-18-50-6)23-34-40-21-31(42-34)28-13-11-27-20-29(14-12-26(27)19-28)32-22-41-36(43-32)33-10-9-17-46(33)38(48)35(25(4)5)44-39(49)51-7/h11-14,19-22,24-25,30,33,35H,8-10,15-18,23H2,1-7H3,(H,40,42)(H,41,43)(H,44,49). The molecule has 51 heavy (non-hydrogen) atoms. The number of alkyl carbamates (subject to hydrolysis) is 1. The maximum absolute atomic E-state index is 13.5. The number of ether oxygens (including phenoxy) is 2. The lowest BCUT2D eigenvalue weighted by atomic mass is 9.91. The Hall–Kier alpha value is -4.71. The Balaban J connectivity index is 1.29. The van der Waals surface area contributed by atoms with Gasteiger partial charge in [-0.05, 0) is 60.4 Å². The molecule has 3 atom stereocenters. The van der Waals surface area contributed by atoms with Gasteiger partial charge >= 0.3 is 6.09 Å². The molecule has 3 N–H and O–H groups in total. The minimum Gasteiger partial charge on any atom is -0.453 e. The zero-order valence-corrected chi connectivity index (χ0v) is 31.0. The number of nitrogens with one attached hydrogen (secondary N) is 3. The quantitative estimate of drug-likeness (QED) is 0.125. The van der Waals surface area contributed by atoms with E-state index < -0.39 is 12.1 Å². The number of aromatic nitrogens is 4. The van der Waals surface area contributed by atoms with E-state index in [1.165, 1.54) is 7.11 Å². The van der Waals surface area contributed by atoms with Crippen LogP contribution in [0.15, 0.2) is 48.8 Å². The van der Waals surface area contributed by atoms with Crippen molar-refractivity contribution in [1.29, 1.82) is 0 Å². The lowest BCUT2D eigenvalue weighted by molar-refractivity contribution is -0.138. The molecule has 1 saturated heterocycles. The van der Waals surface area contributed by atoms with E-state index in [9.17, 15) is 14.4 Å². The Morgan fingerprint density at radius 1 is 0.961 bits per heavy atom. The Bertz CT molecular complexity index is 1800. The Morgan fingerprint density at radius 2 is 1.63 bits per heavy atom. The van der Waals surface area contributed by atoms with Crippen LogP contribution in [0.1, 0.15) is 78.0 Å². The summed E-state index contributed by atoms with van der Waals surface area (Å²) in [6.07, 6.45) is 6.25. The van der Waals surface area contributed by atoms with Crippen LogP contribution in [0.25, 0.3) is 33.3 Å². The smallest absolute Gasteiger partial charge is 0.407 e. The molecule has 1 fully saturated rings. The molecule has 0 saturated carbocycles. The van der Waals surface area contributed by atoms with Crippen LogP contribution in [0, 0.1) is 17.8 Å². The minimum atomic E-state index is -0.681. The molecule has 2 aromatic carbocycles. The maximum Gasteiger partial charge on any atom is 0.407 e. The third-order valence-corrected chi connectivity index (χ3v) is 9.83. The highest BCUT2D eigenvalue weighted by Gasteiger charge is 2.37. The first kappa shape index (κ1) is 37.5. The summed E-state index contributed by atoms with van der Waals surface area (Å²) in [7, 11) is 2.97. The summed E-state index contributed by atoms with van der Waals surface area (Å²) in [5.41, 5.74) is 3.77. The van der Waals surface area contributed by atoms with E-state index in [-0.39, 0.29) is 35.6 Å². The van der Waals surface area contributed by atoms with Gasteiger partial charge in [0, 0.05) is 43.9 Å². The average Bonchev–Trinajstić information content (AvgIpc) is 3.91. The molecular weight excluding hydrogens is 646 g/mol. The molecule has 0 bridgehead atoms. The number of carbonyl (C=O) groups excluding carboxylic acids is 3. The molecule has 274 valence electrons. The number of rotatable bonds is 15. The highest BCUT2D eigenvalue weighted by molar-refractivity contribution is 5.90. The van der Waals surface area contributed by atoms with Gasteiger partial charge in [0.2, 0.25) is 11.8 Å². The SMILES string of the molecule is CCCN(Cc1ncc(-c2ccc3cc(-c4cnc(C5CCCN5C(=O)C(NC(=O)OC)C(C)C)[nH]4)ccc3c2)[nH]1)C(=O)C(CCOC)C(C)C. The number of benzene rings is 2. The van der Waals surface area contributed by atoms with Crippen LogP contribution in [0.2, 0.25) is 0 Å². The monoisotopic (exact) mass is 699 g/mol. The summed E-state index contributed by atoms with van der Waals surface area (Å²) >= 11 is 0. The first-order valence-corrected chi connectivity index (χ1v) is 18.1. The summed E-state index contributed by atoms with van der Waals surface area (Å²) in [6.45, 7) is 12.3. The van der Waals surface area contributed by atoms with Gasteiger partial charge in [0.05, 0.1) is 43.5 Å². The first-order chi connectivity index (χ1) is 24.5. The van der Waals surface area contributed by atoms with E-state index in [2.05, 4.69) is 77.4 Å². The molecule has 3 heterocycles. The summed E-state index contributed by atoms with van der Waals surface area (Å²) in [6, 6.07) is 11.7. The van der Waals surface area contributed by atoms with Crippen LogP contribution >= 0.6 is 0 Å². The van der Waals surface area contributed by atoms with Gasteiger partial charge in [-0.3, -0.25) is 9.59 Å². The van der Waals surface area contributed by atoms with Crippen molar-refractivity contribution in [3.63, 3.8) is 0 Å². The molecule has 2 aromatic heterocycles. The van der Waals surface area contributed by atoms with Crippen molar-refractivity contribution in [3.8, 4) is 22.5 Å². The fourth-order valence-electron chi connectivity index (χ4n) is 6.96. The molecule has 5 rings (SSSR count). The number of methoxy groups -OCH3 is 2. The molecule has 3 unspecified atom stereocenters. The van der Waals surface area contributed by atoms with E-state index in [1.54, 1.807) is 7.11 Å². The maximum atomic E-state index is 13.5. The molecule has 1 aliphatic heterocycles. The number of hydrogen-bond acceptors (Lipinski definition) is 7. The molecule has 4 aromatic rings. The molecule has 12 nitrogen and oxygen atoms in total. The molecule has 3 amide bonds. The number of amides is 3. The fourth-order valence-corrected chi connectivity index (χ4v) is 6.96. The van der Waals surface area contributed by atoms with Crippen molar-refractivity contribution in [2.75, 3.05) is 33.9 Å². The van der Waals surface area contributed by atoms with Crippen LogP contribution in [0.4, 0.5) is 4.79 Å². The number of likely N-dealkylation sites (tertiary alicyclic amines) is 1. The topological polar surface area (TPSA) is 146 Å². The Kier molecular flexibility index (Phi) is 12.5. The van der Waals surface area contributed by atoms with Gasteiger partial charge < -0.3 is 34.6 Å². The predicted octanol–water partition coefficient (Wildman–Crippen LogP) is 6.71. The fraction of sp³-hybridized carbons (Fsp3) is 0.513. The van der Waals surface area contributed by atoms with Crippen LogP contribution in [-0.2, 0) is 25.6 Å². The lowest BCUT2D eigenvalue weighted by Gasteiger charge is -2.30. The molecule has 0 radical (unpaired) electrons. The van der Waals surface area contributed by atoms with Crippen LogP contribution < -0.4 is 5.32 Å². The summed E-state index contributed by atoms with van der Waals surface area (Å²) in [4.78, 5) is 59.0. The average molecular weight is 700 g/mol. The van der Waals surface area contributed by atoms with Crippen molar-refractivity contribution >= 4 is 28.7 Å². The summed E-state index contributed by atoms with van der Waals surface area (Å²) in [5, 5.41) is 4.86. The van der Waals surface area contributed by atoms with Crippen molar-refractivity contribution in [1.82, 2.24) is 35.1 Å². The summed E-state index contributed by atoms with van der Waals surface area (Å²) in [5.74, 6) is 1.54. The highest BCUT2D eigenvalue weighted by Crippen LogP contribution is 2.34. The third kappa shape index (κ3) is 8.79. The zero-order valence-electron chi connectivity index (χ0n) is 31.0. The number of H-pyrrole nitrogens is 2. The molecule has 0 aliphatic carbocycles. The minimum absolute atomic E-state index is 0.0921. The van der Waals surface area contributed by atoms with Crippen molar-refractivity contribution < 1.29 is 23.9 Å². The lowest BCUT2D eigenvalue weighted by Crippen LogP contribution is -2.51. The van der Waals surface area contributed by atoms with Crippen LogP contribution in [0.3, 0.4) is 0 Å². The second kappa shape index (κ2) is 17.0. The number of fused-ring (bicyclic) bond motifs is 1. The molecular formula is C39H53N7O5. The molecule has 12 heteroatoms. The number of nitrogens with zero attached hydrogens (tertiary/aromatic N) is 4. The van der Waals surface area contributed by atoms with Crippen molar-refractivity contribution in [2.24, 2.45) is 17.8 Å². The number of hydrogen-bond donors (Lipinski definition) is 3. The van der Waals surface area contributed by atoms with E-state index in [1.807, 2.05) is 36.0 Å². The van der Waals surface area contributed by atoms with E-state index >= 15 is 0 Å². The zero-order chi connectivity index (χ0) is 36.7. The predicted molar refractivity (Wildman–Crippen MR) is 197 cm³/mol. The Morgan fingerprint density at radius 3 is 2.24 bits per heavy atom. The van der Waals surface area contributed by atoms with E-state index in [0.717, 1.165) is 64.2 Å². The van der Waals surface area contributed by atoms with Crippen molar-refractivity contribution in [2.45, 2.75) is 78.9 Å². The van der Waals surface area contributed by atoms with E-state index in [0.29, 0.717) is 32.7 Å². The number of aromatic amines is 2. The second-order valence-corrected chi connectivity index (χ2v) is 14.1. The van der Waals surface area contributed by atoms with Crippen LogP contribution in [0.5, 0.6) is 0 Å². The number of carbonyl (C=O) groups is 3. The van der Waals surface area contributed by atoms with Gasteiger partial charge in [0.1, 0.15) is 17.7 Å². The van der Waals surface area contributed by atoms with Gasteiger partial charge in [0.25, 0.3) is 0 Å². The normalized spacial score (nSPS) is 15.8. The second-order valence-electron chi connectivity index (χ2n) is 14.1. The molecule has 0 spiro atoms. The largest absolute Gasteiger partial charge is 0.453 e. The number of imidazole rings is 2. The van der Waals surface area contributed by atoms with E-state index in [4.69, 9.17) is 14.5 Å². The Labute approximate surface area is 300 Å². The third-order valence-electron chi connectivity index (χ3n) is 9.83. The first-order valence-electron chi connectivity index (χ1n) is 18.1.